The van der Waals surface area contributed by atoms with E-state index < -0.39 is 0 Å². The molecule has 0 radical (unpaired) electrons. The van der Waals surface area contributed by atoms with E-state index in [0.717, 1.165) is 17.0 Å². The SMILES string of the molecule is Cc1ccccc1OC(=S)Nc1cccc(C)c1C. The number of benzene rings is 2. The van der Waals surface area contributed by atoms with Gasteiger partial charge < -0.3 is 10.1 Å². The number of rotatable bonds is 2. The Morgan fingerprint density at radius 3 is 2.37 bits per heavy atom. The summed E-state index contributed by atoms with van der Waals surface area (Å²) in [6.45, 7) is 6.13. The van der Waals surface area contributed by atoms with Crippen molar-refractivity contribution in [1.82, 2.24) is 0 Å². The molecule has 0 bridgehead atoms. The number of thiocarbonyl (C=S) groups is 1. The zero-order valence-corrected chi connectivity index (χ0v) is 12.2. The van der Waals surface area contributed by atoms with Crippen LogP contribution in [0, 0.1) is 20.8 Å². The summed E-state index contributed by atoms with van der Waals surface area (Å²) < 4.78 is 5.66. The van der Waals surface area contributed by atoms with Gasteiger partial charge >= 0.3 is 0 Å². The number of nitrogens with one attached hydrogen (secondary N) is 1. The Labute approximate surface area is 119 Å². The van der Waals surface area contributed by atoms with Gasteiger partial charge in [0.2, 0.25) is 0 Å². The van der Waals surface area contributed by atoms with Crippen molar-refractivity contribution in [1.29, 1.82) is 0 Å². The van der Waals surface area contributed by atoms with E-state index in [1.54, 1.807) is 0 Å². The van der Waals surface area contributed by atoms with Crippen LogP contribution < -0.4 is 10.1 Å². The van der Waals surface area contributed by atoms with E-state index in [9.17, 15) is 0 Å². The lowest BCUT2D eigenvalue weighted by Gasteiger charge is -2.13. The topological polar surface area (TPSA) is 21.3 Å². The quantitative estimate of drug-likeness (QED) is 0.819. The molecule has 1 N–H and O–H groups in total. The molecule has 3 heteroatoms. The van der Waals surface area contributed by atoms with Crippen LogP contribution in [-0.4, -0.2) is 5.17 Å². The van der Waals surface area contributed by atoms with E-state index in [0.29, 0.717) is 5.17 Å². The second-order valence-corrected chi connectivity index (χ2v) is 4.90. The van der Waals surface area contributed by atoms with Gasteiger partial charge in [0.1, 0.15) is 5.75 Å². The van der Waals surface area contributed by atoms with Crippen LogP contribution in [0.5, 0.6) is 5.75 Å². The molecule has 2 aromatic carbocycles. The maximum absolute atomic E-state index is 5.66. The zero-order valence-electron chi connectivity index (χ0n) is 11.4. The summed E-state index contributed by atoms with van der Waals surface area (Å²) in [5, 5.41) is 3.50. The van der Waals surface area contributed by atoms with Gasteiger partial charge in [0.25, 0.3) is 5.17 Å². The smallest absolute Gasteiger partial charge is 0.266 e. The van der Waals surface area contributed by atoms with E-state index in [4.69, 9.17) is 17.0 Å². The summed E-state index contributed by atoms with van der Waals surface area (Å²) in [5.74, 6) is 0.783. The molecule has 0 atom stereocenters. The minimum atomic E-state index is 0.364. The molecule has 0 saturated heterocycles. The molecule has 0 saturated carbocycles. The van der Waals surface area contributed by atoms with Crippen molar-refractivity contribution < 1.29 is 4.74 Å². The molecule has 0 unspecified atom stereocenters. The molecule has 0 spiro atoms. The number of hydrogen-bond donors (Lipinski definition) is 1. The van der Waals surface area contributed by atoms with E-state index in [2.05, 4.69) is 25.2 Å². The second kappa shape index (κ2) is 5.85. The normalized spacial score (nSPS) is 10.1. The summed E-state index contributed by atoms with van der Waals surface area (Å²) in [4.78, 5) is 0. The lowest BCUT2D eigenvalue weighted by molar-refractivity contribution is 0.558. The first kappa shape index (κ1) is 13.6. The fraction of sp³-hybridized carbons (Fsp3) is 0.188. The third-order valence-electron chi connectivity index (χ3n) is 3.14. The number of anilines is 1. The maximum atomic E-state index is 5.66. The molecule has 0 aliphatic rings. The average molecular weight is 271 g/mol. The minimum Gasteiger partial charge on any atom is -0.431 e. The third kappa shape index (κ3) is 3.32. The lowest BCUT2D eigenvalue weighted by Crippen LogP contribution is -2.17. The molecular formula is C16H17NOS. The number of aryl methyl sites for hydroxylation is 2. The number of para-hydroxylation sites is 1. The summed E-state index contributed by atoms with van der Waals surface area (Å²) in [6, 6.07) is 13.9. The second-order valence-electron chi connectivity index (χ2n) is 4.53. The van der Waals surface area contributed by atoms with Gasteiger partial charge in [-0.05, 0) is 61.8 Å². The highest BCUT2D eigenvalue weighted by atomic mass is 32.1. The van der Waals surface area contributed by atoms with Gasteiger partial charge in [-0.25, -0.2) is 0 Å². The van der Waals surface area contributed by atoms with E-state index in [1.165, 1.54) is 11.1 Å². The van der Waals surface area contributed by atoms with E-state index >= 15 is 0 Å². The summed E-state index contributed by atoms with van der Waals surface area (Å²) >= 11 is 5.25. The summed E-state index contributed by atoms with van der Waals surface area (Å²) in [7, 11) is 0. The van der Waals surface area contributed by atoms with Crippen LogP contribution in [0.2, 0.25) is 0 Å². The summed E-state index contributed by atoms with van der Waals surface area (Å²) in [5.41, 5.74) is 4.45. The fourth-order valence-corrected chi connectivity index (χ4v) is 1.99. The first-order valence-electron chi connectivity index (χ1n) is 6.18. The van der Waals surface area contributed by atoms with Gasteiger partial charge in [0.15, 0.2) is 0 Å². The van der Waals surface area contributed by atoms with Crippen molar-refractivity contribution in [2.75, 3.05) is 5.32 Å². The van der Waals surface area contributed by atoms with Gasteiger partial charge in [0, 0.05) is 5.69 Å². The highest BCUT2D eigenvalue weighted by Crippen LogP contribution is 2.20. The van der Waals surface area contributed by atoms with Crippen molar-refractivity contribution in [3.63, 3.8) is 0 Å². The van der Waals surface area contributed by atoms with Crippen molar-refractivity contribution >= 4 is 23.1 Å². The summed E-state index contributed by atoms with van der Waals surface area (Å²) in [6.07, 6.45) is 0. The average Bonchev–Trinajstić information content (AvgIpc) is 2.38. The third-order valence-corrected chi connectivity index (χ3v) is 3.32. The van der Waals surface area contributed by atoms with Crippen molar-refractivity contribution in [2.24, 2.45) is 0 Å². The number of ether oxygens (including phenoxy) is 1. The van der Waals surface area contributed by atoms with Gasteiger partial charge in [-0.15, -0.1) is 0 Å². The predicted molar refractivity (Wildman–Crippen MR) is 83.9 cm³/mol. The minimum absolute atomic E-state index is 0.364. The molecule has 98 valence electrons. The number of hydrogen-bond acceptors (Lipinski definition) is 2. The van der Waals surface area contributed by atoms with E-state index in [-0.39, 0.29) is 0 Å². The Kier molecular flexibility index (Phi) is 4.17. The molecular weight excluding hydrogens is 254 g/mol. The molecule has 0 aromatic heterocycles. The van der Waals surface area contributed by atoms with Crippen molar-refractivity contribution in [3.05, 3.63) is 59.2 Å². The van der Waals surface area contributed by atoms with Crippen molar-refractivity contribution in [2.45, 2.75) is 20.8 Å². The van der Waals surface area contributed by atoms with Crippen LogP contribution in [0.25, 0.3) is 0 Å². The molecule has 0 amide bonds. The van der Waals surface area contributed by atoms with Crippen LogP contribution in [0.1, 0.15) is 16.7 Å². The monoisotopic (exact) mass is 271 g/mol. The molecule has 2 nitrogen and oxygen atoms in total. The maximum Gasteiger partial charge on any atom is 0.266 e. The largest absolute Gasteiger partial charge is 0.431 e. The highest BCUT2D eigenvalue weighted by Gasteiger charge is 2.06. The molecule has 0 heterocycles. The zero-order chi connectivity index (χ0) is 13.8. The van der Waals surface area contributed by atoms with Crippen LogP contribution in [0.3, 0.4) is 0 Å². The fourth-order valence-electron chi connectivity index (χ4n) is 1.79. The first-order valence-corrected chi connectivity index (χ1v) is 6.59. The highest BCUT2D eigenvalue weighted by molar-refractivity contribution is 7.80. The van der Waals surface area contributed by atoms with E-state index in [1.807, 2.05) is 43.3 Å². The Morgan fingerprint density at radius 2 is 1.63 bits per heavy atom. The van der Waals surface area contributed by atoms with Gasteiger partial charge in [0.05, 0.1) is 0 Å². The predicted octanol–water partition coefficient (Wildman–Crippen LogP) is 4.39. The van der Waals surface area contributed by atoms with Gasteiger partial charge in [-0.3, -0.25) is 0 Å². The van der Waals surface area contributed by atoms with Crippen molar-refractivity contribution in [3.8, 4) is 5.75 Å². The molecule has 0 aliphatic carbocycles. The van der Waals surface area contributed by atoms with Gasteiger partial charge in [-0.2, -0.15) is 0 Å². The molecule has 0 fully saturated rings. The first-order chi connectivity index (χ1) is 9.08. The van der Waals surface area contributed by atoms with Gasteiger partial charge in [-0.1, -0.05) is 30.3 Å². The molecule has 2 aromatic rings. The Balaban J connectivity index is 2.10. The standard InChI is InChI=1S/C16H17NOS/c1-11-8-6-9-14(13(11)3)17-16(19)18-15-10-5-4-7-12(15)2/h4-10H,1-3H3,(H,17,19). The van der Waals surface area contributed by atoms with Crippen LogP contribution >= 0.6 is 12.2 Å². The molecule has 2 rings (SSSR count). The van der Waals surface area contributed by atoms with Crippen LogP contribution in [0.15, 0.2) is 42.5 Å². The Bertz CT molecular complexity index is 607. The lowest BCUT2D eigenvalue weighted by atomic mass is 10.1. The Hall–Kier alpha value is -1.87. The van der Waals surface area contributed by atoms with Crippen LogP contribution in [-0.2, 0) is 0 Å². The molecule has 0 aliphatic heterocycles. The Morgan fingerprint density at radius 1 is 0.947 bits per heavy atom. The molecule has 19 heavy (non-hydrogen) atoms. The van der Waals surface area contributed by atoms with Crippen LogP contribution in [0.4, 0.5) is 5.69 Å².